The molecule has 0 amide bonds. The van der Waals surface area contributed by atoms with Crippen LogP contribution in [0.2, 0.25) is 0 Å². The second-order valence-electron chi connectivity index (χ2n) is 5.42. The zero-order valence-corrected chi connectivity index (χ0v) is 12.1. The highest BCUT2D eigenvalue weighted by Crippen LogP contribution is 2.33. The van der Waals surface area contributed by atoms with Gasteiger partial charge in [-0.2, -0.15) is 0 Å². The van der Waals surface area contributed by atoms with E-state index in [-0.39, 0.29) is 17.9 Å². The molecule has 0 aliphatic heterocycles. The monoisotopic (exact) mass is 295 g/mol. The van der Waals surface area contributed by atoms with Gasteiger partial charge < -0.3 is 4.74 Å². The fourth-order valence-electron chi connectivity index (χ4n) is 2.69. The molecule has 3 rings (SSSR count). The number of methoxy groups -OCH3 is 1. The molecule has 1 unspecified atom stereocenters. The minimum atomic E-state index is -3.48. The molecule has 1 atom stereocenters. The average Bonchev–Trinajstić information content (AvgIpc) is 3.10. The highest BCUT2D eigenvalue weighted by molar-refractivity contribution is 7.89. The first-order valence-corrected chi connectivity index (χ1v) is 8.20. The van der Waals surface area contributed by atoms with Crippen molar-refractivity contribution in [3.8, 4) is 0 Å². The van der Waals surface area contributed by atoms with Gasteiger partial charge in [0.15, 0.2) is 0 Å². The Labute approximate surface area is 118 Å². The Morgan fingerprint density at radius 3 is 2.70 bits per heavy atom. The number of hydrogen-bond donors (Lipinski definition) is 1. The molecule has 20 heavy (non-hydrogen) atoms. The topological polar surface area (TPSA) is 72.5 Å². The van der Waals surface area contributed by atoms with E-state index in [1.54, 1.807) is 12.1 Å². The van der Waals surface area contributed by atoms with Gasteiger partial charge in [0.25, 0.3) is 0 Å². The van der Waals surface area contributed by atoms with Crippen LogP contribution in [0.15, 0.2) is 23.1 Å². The Bertz CT molecular complexity index is 649. The first-order chi connectivity index (χ1) is 9.51. The van der Waals surface area contributed by atoms with Crippen molar-refractivity contribution in [3.05, 3.63) is 29.3 Å². The summed E-state index contributed by atoms with van der Waals surface area (Å²) in [5, 5.41) is 0. The second kappa shape index (κ2) is 4.86. The molecule has 0 aromatic heterocycles. The number of rotatable bonds is 4. The van der Waals surface area contributed by atoms with Crippen LogP contribution in [-0.2, 0) is 32.4 Å². The van der Waals surface area contributed by atoms with Crippen LogP contribution in [0.5, 0.6) is 0 Å². The number of ether oxygens (including phenoxy) is 1. The Balaban J connectivity index is 1.92. The van der Waals surface area contributed by atoms with Crippen molar-refractivity contribution >= 4 is 16.0 Å². The maximum atomic E-state index is 12.4. The number of benzene rings is 1. The quantitative estimate of drug-likeness (QED) is 0.842. The van der Waals surface area contributed by atoms with Gasteiger partial charge in [0.1, 0.15) is 0 Å². The first kappa shape index (κ1) is 13.6. The van der Waals surface area contributed by atoms with Crippen molar-refractivity contribution in [2.45, 2.75) is 36.6 Å². The number of esters is 1. The lowest BCUT2D eigenvalue weighted by Gasteiger charge is -2.10. The third kappa shape index (κ3) is 2.45. The molecule has 0 heterocycles. The summed E-state index contributed by atoms with van der Waals surface area (Å²) in [6, 6.07) is 5.31. The summed E-state index contributed by atoms with van der Waals surface area (Å²) in [6.45, 7) is 0. The largest absolute Gasteiger partial charge is 0.469 e. The third-order valence-corrected chi connectivity index (χ3v) is 5.48. The fourth-order valence-corrected chi connectivity index (χ4v) is 4.29. The molecule has 0 radical (unpaired) electrons. The summed E-state index contributed by atoms with van der Waals surface area (Å²) in [6.07, 6.45) is 2.79. The van der Waals surface area contributed by atoms with Gasteiger partial charge in [-0.3, -0.25) is 4.79 Å². The number of carbonyl (C=O) groups is 1. The van der Waals surface area contributed by atoms with E-state index in [4.69, 9.17) is 4.74 Å². The van der Waals surface area contributed by atoms with E-state index in [1.165, 1.54) is 7.11 Å². The van der Waals surface area contributed by atoms with Crippen LogP contribution in [-0.4, -0.2) is 27.5 Å². The standard InChI is InChI=1S/C14H17NO4S/c1-19-14(16)10-7-9-3-2-4-13(12(9)8-10)20(17,18)15-11-5-6-11/h2-4,10-11,15H,5-8H2,1H3. The number of sulfonamides is 1. The molecule has 108 valence electrons. The van der Waals surface area contributed by atoms with Crippen LogP contribution in [0.4, 0.5) is 0 Å². The van der Waals surface area contributed by atoms with Crippen LogP contribution in [0, 0.1) is 5.92 Å². The van der Waals surface area contributed by atoms with Crippen molar-refractivity contribution in [2.75, 3.05) is 7.11 Å². The van der Waals surface area contributed by atoms with Gasteiger partial charge in [-0.25, -0.2) is 13.1 Å². The average molecular weight is 295 g/mol. The van der Waals surface area contributed by atoms with Crippen molar-refractivity contribution in [1.29, 1.82) is 0 Å². The van der Waals surface area contributed by atoms with Gasteiger partial charge in [-0.15, -0.1) is 0 Å². The molecule has 0 saturated heterocycles. The molecule has 1 fully saturated rings. The lowest BCUT2D eigenvalue weighted by atomic mass is 10.1. The summed E-state index contributed by atoms with van der Waals surface area (Å²) in [4.78, 5) is 12.0. The molecule has 6 heteroatoms. The number of hydrogen-bond acceptors (Lipinski definition) is 4. The van der Waals surface area contributed by atoms with E-state index in [1.807, 2.05) is 6.07 Å². The van der Waals surface area contributed by atoms with E-state index in [0.717, 1.165) is 24.0 Å². The van der Waals surface area contributed by atoms with Crippen molar-refractivity contribution in [2.24, 2.45) is 5.92 Å². The van der Waals surface area contributed by atoms with Crippen molar-refractivity contribution < 1.29 is 17.9 Å². The smallest absolute Gasteiger partial charge is 0.309 e. The molecule has 0 bridgehead atoms. The molecule has 1 aromatic carbocycles. The van der Waals surface area contributed by atoms with Crippen LogP contribution in [0.25, 0.3) is 0 Å². The predicted octanol–water partition coefficient (Wildman–Crippen LogP) is 1.02. The lowest BCUT2D eigenvalue weighted by Crippen LogP contribution is -2.26. The number of fused-ring (bicyclic) bond motifs is 1. The van der Waals surface area contributed by atoms with Crippen LogP contribution in [0.3, 0.4) is 0 Å². The van der Waals surface area contributed by atoms with E-state index in [2.05, 4.69) is 4.72 Å². The zero-order valence-electron chi connectivity index (χ0n) is 11.3. The molecule has 1 N–H and O–H groups in total. The van der Waals surface area contributed by atoms with Crippen molar-refractivity contribution in [1.82, 2.24) is 4.72 Å². The molecular formula is C14H17NO4S. The van der Waals surface area contributed by atoms with E-state index in [0.29, 0.717) is 17.7 Å². The maximum Gasteiger partial charge on any atom is 0.309 e. The molecule has 1 saturated carbocycles. The molecule has 2 aliphatic rings. The summed E-state index contributed by atoms with van der Waals surface area (Å²) in [5.41, 5.74) is 1.69. The summed E-state index contributed by atoms with van der Waals surface area (Å²) >= 11 is 0. The Morgan fingerprint density at radius 2 is 2.05 bits per heavy atom. The Hall–Kier alpha value is -1.40. The van der Waals surface area contributed by atoms with Gasteiger partial charge >= 0.3 is 5.97 Å². The zero-order chi connectivity index (χ0) is 14.3. The summed E-state index contributed by atoms with van der Waals surface area (Å²) in [7, 11) is -2.12. The number of carbonyl (C=O) groups excluding carboxylic acids is 1. The van der Waals surface area contributed by atoms with Crippen LogP contribution >= 0.6 is 0 Å². The van der Waals surface area contributed by atoms with Gasteiger partial charge in [-0.05, 0) is 42.9 Å². The van der Waals surface area contributed by atoms with Gasteiger partial charge in [0, 0.05) is 6.04 Å². The highest BCUT2D eigenvalue weighted by atomic mass is 32.2. The molecule has 1 aromatic rings. The number of nitrogens with one attached hydrogen (secondary N) is 1. The summed E-state index contributed by atoms with van der Waals surface area (Å²) in [5.74, 6) is -0.549. The lowest BCUT2D eigenvalue weighted by molar-refractivity contribution is -0.145. The van der Waals surface area contributed by atoms with Gasteiger partial charge in [-0.1, -0.05) is 12.1 Å². The minimum absolute atomic E-state index is 0.0775. The first-order valence-electron chi connectivity index (χ1n) is 6.72. The summed E-state index contributed by atoms with van der Waals surface area (Å²) < 4.78 is 32.2. The predicted molar refractivity (Wildman–Crippen MR) is 72.7 cm³/mol. The van der Waals surface area contributed by atoms with Crippen LogP contribution in [0.1, 0.15) is 24.0 Å². The Kier molecular flexibility index (Phi) is 3.30. The highest BCUT2D eigenvalue weighted by Gasteiger charge is 2.34. The Morgan fingerprint density at radius 1 is 1.30 bits per heavy atom. The van der Waals surface area contributed by atoms with Gasteiger partial charge in [0.05, 0.1) is 17.9 Å². The van der Waals surface area contributed by atoms with Crippen molar-refractivity contribution in [3.63, 3.8) is 0 Å². The second-order valence-corrected chi connectivity index (χ2v) is 7.10. The third-order valence-electron chi connectivity index (χ3n) is 3.87. The van der Waals surface area contributed by atoms with Gasteiger partial charge in [0.2, 0.25) is 10.0 Å². The van der Waals surface area contributed by atoms with E-state index < -0.39 is 10.0 Å². The van der Waals surface area contributed by atoms with Crippen LogP contribution < -0.4 is 4.72 Å². The van der Waals surface area contributed by atoms with E-state index in [9.17, 15) is 13.2 Å². The SMILES string of the molecule is COC(=O)C1Cc2cccc(S(=O)(=O)NC3CC3)c2C1. The molecule has 2 aliphatic carbocycles. The molecular weight excluding hydrogens is 278 g/mol. The minimum Gasteiger partial charge on any atom is -0.469 e. The normalized spacial score (nSPS) is 21.6. The molecule has 5 nitrogen and oxygen atoms in total. The fraction of sp³-hybridized carbons (Fsp3) is 0.500. The van der Waals surface area contributed by atoms with E-state index >= 15 is 0 Å². The maximum absolute atomic E-state index is 12.4. The molecule has 0 spiro atoms.